The third-order valence-electron chi connectivity index (χ3n) is 7.29. The highest BCUT2D eigenvalue weighted by Crippen LogP contribution is 2.32. The van der Waals surface area contributed by atoms with Crippen LogP contribution in [0.15, 0.2) is 47.8 Å². The Bertz CT molecular complexity index is 1340. The van der Waals surface area contributed by atoms with Gasteiger partial charge in [0.05, 0.1) is 23.2 Å². The van der Waals surface area contributed by atoms with Gasteiger partial charge < -0.3 is 19.4 Å². The van der Waals surface area contributed by atoms with Crippen molar-refractivity contribution in [3.8, 4) is 10.6 Å². The molecule has 1 atom stereocenters. The zero-order chi connectivity index (χ0) is 26.8. The number of esters is 1. The molecule has 0 unspecified atom stereocenters. The number of nitrogens with zero attached hydrogens (tertiary/aromatic N) is 4. The number of carbonyl (C=O) groups excluding carboxylic acids is 3. The van der Waals surface area contributed by atoms with Crippen molar-refractivity contribution in [1.82, 2.24) is 9.88 Å². The van der Waals surface area contributed by atoms with Crippen molar-refractivity contribution in [3.05, 3.63) is 64.5 Å². The van der Waals surface area contributed by atoms with E-state index in [4.69, 9.17) is 9.72 Å². The van der Waals surface area contributed by atoms with Crippen LogP contribution in [0.3, 0.4) is 0 Å². The molecule has 2 fully saturated rings. The molecule has 2 aliphatic heterocycles. The summed E-state index contributed by atoms with van der Waals surface area (Å²) in [5.74, 6) is 0.149. The molecule has 3 aromatic rings. The SMILES string of the molecule is COC(=O)[C@@H]1CCCN1C(=O)c1ccc(-c2cc(C)cs2)nc1N1CCN(c2ccc(C(C)=O)cc2)CC1. The van der Waals surface area contributed by atoms with Crippen LogP contribution < -0.4 is 9.80 Å². The van der Waals surface area contributed by atoms with E-state index in [1.165, 1.54) is 12.7 Å². The van der Waals surface area contributed by atoms with Crippen LogP contribution in [-0.4, -0.2) is 73.4 Å². The summed E-state index contributed by atoms with van der Waals surface area (Å²) < 4.78 is 4.97. The van der Waals surface area contributed by atoms with E-state index in [1.807, 2.05) is 36.4 Å². The third kappa shape index (κ3) is 5.15. The van der Waals surface area contributed by atoms with Crippen LogP contribution in [0.2, 0.25) is 0 Å². The van der Waals surface area contributed by atoms with Gasteiger partial charge in [-0.15, -0.1) is 11.3 Å². The molecule has 9 heteroatoms. The summed E-state index contributed by atoms with van der Waals surface area (Å²) in [4.78, 5) is 49.9. The molecule has 0 N–H and O–H groups in total. The molecule has 4 heterocycles. The second-order valence-electron chi connectivity index (χ2n) is 9.81. The van der Waals surface area contributed by atoms with E-state index in [-0.39, 0.29) is 17.7 Å². The maximum atomic E-state index is 13.8. The molecular formula is C29H32N4O4S. The summed E-state index contributed by atoms with van der Waals surface area (Å²) in [5, 5.41) is 2.09. The zero-order valence-corrected chi connectivity index (χ0v) is 22.8. The van der Waals surface area contributed by atoms with Crippen molar-refractivity contribution in [2.75, 3.05) is 49.6 Å². The Labute approximate surface area is 226 Å². The number of aromatic nitrogens is 1. The third-order valence-corrected chi connectivity index (χ3v) is 8.36. The smallest absolute Gasteiger partial charge is 0.328 e. The number of methoxy groups -OCH3 is 1. The van der Waals surface area contributed by atoms with Gasteiger partial charge in [0.25, 0.3) is 5.91 Å². The summed E-state index contributed by atoms with van der Waals surface area (Å²) >= 11 is 1.64. The maximum absolute atomic E-state index is 13.8. The first-order chi connectivity index (χ1) is 18.4. The molecule has 198 valence electrons. The number of rotatable bonds is 6. The Balaban J connectivity index is 1.42. The number of ether oxygens (including phenoxy) is 1. The lowest BCUT2D eigenvalue weighted by Gasteiger charge is -2.37. The van der Waals surface area contributed by atoms with Crippen molar-refractivity contribution in [2.45, 2.75) is 32.7 Å². The normalized spacial score (nSPS) is 17.6. The van der Waals surface area contributed by atoms with E-state index in [1.54, 1.807) is 23.2 Å². The van der Waals surface area contributed by atoms with Crippen molar-refractivity contribution < 1.29 is 19.1 Å². The van der Waals surface area contributed by atoms with E-state index < -0.39 is 6.04 Å². The lowest BCUT2D eigenvalue weighted by molar-refractivity contribution is -0.145. The van der Waals surface area contributed by atoms with Gasteiger partial charge in [0.15, 0.2) is 5.78 Å². The standard InChI is InChI=1S/C29H32N4O4S/c1-19-17-26(38-18-19)24-11-10-23(28(35)33-12-4-5-25(33)29(36)37-3)27(30-24)32-15-13-31(14-16-32)22-8-6-21(7-9-22)20(2)34/h6-11,17-18,25H,4-5,12-16H2,1-3H3/t25-/m0/s1. The largest absolute Gasteiger partial charge is 0.467 e. The molecule has 0 radical (unpaired) electrons. The maximum Gasteiger partial charge on any atom is 0.328 e. The summed E-state index contributed by atoms with van der Waals surface area (Å²) in [6.45, 7) is 7.04. The Morgan fingerprint density at radius 3 is 2.32 bits per heavy atom. The minimum absolute atomic E-state index is 0.0536. The van der Waals surface area contributed by atoms with E-state index in [0.717, 1.165) is 35.8 Å². The highest BCUT2D eigenvalue weighted by atomic mass is 32.1. The molecule has 0 bridgehead atoms. The summed E-state index contributed by atoms with van der Waals surface area (Å²) in [7, 11) is 1.36. The first kappa shape index (κ1) is 25.9. The van der Waals surface area contributed by atoms with Crippen LogP contribution in [0.4, 0.5) is 11.5 Å². The average Bonchev–Trinajstić information content (AvgIpc) is 3.61. The molecule has 0 saturated carbocycles. The fourth-order valence-corrected chi connectivity index (χ4v) is 6.06. The Hall–Kier alpha value is -3.72. The molecule has 2 aromatic heterocycles. The number of hydrogen-bond donors (Lipinski definition) is 0. The number of amides is 1. The monoisotopic (exact) mass is 532 g/mol. The molecule has 5 rings (SSSR count). The number of ketones is 1. The predicted octanol–water partition coefficient (Wildman–Crippen LogP) is 4.43. The van der Waals surface area contributed by atoms with Gasteiger partial charge >= 0.3 is 5.97 Å². The lowest BCUT2D eigenvalue weighted by Crippen LogP contribution is -2.48. The van der Waals surface area contributed by atoms with E-state index in [2.05, 4.69) is 28.2 Å². The fraction of sp³-hybridized carbons (Fsp3) is 0.379. The van der Waals surface area contributed by atoms with Gasteiger partial charge in [-0.3, -0.25) is 9.59 Å². The first-order valence-corrected chi connectivity index (χ1v) is 13.8. The quantitative estimate of drug-likeness (QED) is 0.343. The second-order valence-corrected chi connectivity index (χ2v) is 10.7. The molecule has 1 aromatic carbocycles. The van der Waals surface area contributed by atoms with E-state index in [9.17, 15) is 14.4 Å². The van der Waals surface area contributed by atoms with Crippen LogP contribution in [0, 0.1) is 6.92 Å². The van der Waals surface area contributed by atoms with Crippen LogP contribution in [0.5, 0.6) is 0 Å². The molecular weight excluding hydrogens is 500 g/mol. The topological polar surface area (TPSA) is 83.1 Å². The minimum atomic E-state index is -0.560. The number of Topliss-reactive ketones (excluding diaryl/α,β-unsaturated/α-hetero) is 1. The van der Waals surface area contributed by atoms with Gasteiger partial charge in [-0.1, -0.05) is 0 Å². The predicted molar refractivity (Wildman–Crippen MR) is 149 cm³/mol. The number of pyridine rings is 1. The van der Waals surface area contributed by atoms with Gasteiger partial charge in [0.2, 0.25) is 0 Å². The molecule has 2 aliphatic rings. The average molecular weight is 533 g/mol. The Morgan fingerprint density at radius 2 is 1.68 bits per heavy atom. The van der Waals surface area contributed by atoms with Gasteiger partial charge in [-0.25, -0.2) is 9.78 Å². The second kappa shape index (κ2) is 10.9. The van der Waals surface area contributed by atoms with Crippen LogP contribution in [0.1, 0.15) is 46.0 Å². The Morgan fingerprint density at radius 1 is 0.974 bits per heavy atom. The van der Waals surface area contributed by atoms with Crippen LogP contribution >= 0.6 is 11.3 Å². The van der Waals surface area contributed by atoms with Gasteiger partial charge in [-0.05, 0) is 80.1 Å². The fourth-order valence-electron chi connectivity index (χ4n) is 5.19. The van der Waals surface area contributed by atoms with Crippen LogP contribution in [0.25, 0.3) is 10.6 Å². The van der Waals surface area contributed by atoms with Crippen molar-refractivity contribution in [3.63, 3.8) is 0 Å². The number of anilines is 2. The summed E-state index contributed by atoms with van der Waals surface area (Å²) in [6.07, 6.45) is 1.37. The zero-order valence-electron chi connectivity index (χ0n) is 22.0. The minimum Gasteiger partial charge on any atom is -0.467 e. The van der Waals surface area contributed by atoms with Gasteiger partial charge in [0.1, 0.15) is 11.9 Å². The molecule has 1 amide bonds. The molecule has 0 aliphatic carbocycles. The van der Waals surface area contributed by atoms with Crippen molar-refractivity contribution in [2.24, 2.45) is 0 Å². The molecule has 38 heavy (non-hydrogen) atoms. The highest BCUT2D eigenvalue weighted by molar-refractivity contribution is 7.13. The van der Waals surface area contributed by atoms with Gasteiger partial charge in [0, 0.05) is 44.0 Å². The molecule has 2 saturated heterocycles. The summed E-state index contributed by atoms with van der Waals surface area (Å²) in [5.41, 5.74) is 4.29. The number of aryl methyl sites for hydroxylation is 1. The number of carbonyl (C=O) groups is 3. The number of thiophene rings is 1. The Kier molecular flexibility index (Phi) is 7.46. The molecule has 8 nitrogen and oxygen atoms in total. The van der Waals surface area contributed by atoms with E-state index >= 15 is 0 Å². The number of benzene rings is 1. The van der Waals surface area contributed by atoms with E-state index in [0.29, 0.717) is 43.0 Å². The molecule has 0 spiro atoms. The van der Waals surface area contributed by atoms with Gasteiger partial charge in [-0.2, -0.15) is 0 Å². The number of piperazine rings is 1. The number of hydrogen-bond acceptors (Lipinski definition) is 8. The van der Waals surface area contributed by atoms with Crippen molar-refractivity contribution >= 4 is 40.5 Å². The van der Waals surface area contributed by atoms with Crippen molar-refractivity contribution in [1.29, 1.82) is 0 Å². The van der Waals surface area contributed by atoms with Crippen LogP contribution in [-0.2, 0) is 9.53 Å². The first-order valence-electron chi connectivity index (χ1n) is 12.9. The number of likely N-dealkylation sites (tertiary alicyclic amines) is 1. The summed E-state index contributed by atoms with van der Waals surface area (Å²) in [6, 6.07) is 13.0. The lowest BCUT2D eigenvalue weighted by atomic mass is 10.1. The highest BCUT2D eigenvalue weighted by Gasteiger charge is 2.37.